The van der Waals surface area contributed by atoms with Gasteiger partial charge in [0.15, 0.2) is 0 Å². The van der Waals surface area contributed by atoms with Crippen molar-refractivity contribution in [3.05, 3.63) is 29.7 Å². The number of aryl methyl sites for hydroxylation is 2. The highest BCUT2D eigenvalue weighted by molar-refractivity contribution is 5.47. The van der Waals surface area contributed by atoms with Gasteiger partial charge in [0.2, 0.25) is 5.89 Å². The molecule has 0 aliphatic carbocycles. The zero-order valence-electron chi connectivity index (χ0n) is 12.9. The first-order chi connectivity index (χ1) is 10.2. The van der Waals surface area contributed by atoms with Crippen LogP contribution in [0, 0.1) is 6.92 Å². The first kappa shape index (κ1) is 15.3. The summed E-state index contributed by atoms with van der Waals surface area (Å²) in [6.45, 7) is 7.56. The molecule has 0 unspecified atom stereocenters. The van der Waals surface area contributed by atoms with Crippen LogP contribution >= 0.6 is 0 Å². The maximum atomic E-state index is 5.45. The summed E-state index contributed by atoms with van der Waals surface area (Å²) in [4.78, 5) is 13.2. The zero-order chi connectivity index (χ0) is 15.1. The number of nitrogens with zero attached hydrogens (tertiary/aromatic N) is 3. The maximum absolute atomic E-state index is 5.45. The number of anilines is 2. The van der Waals surface area contributed by atoms with Gasteiger partial charge in [-0.1, -0.05) is 13.8 Å². The molecule has 0 fully saturated rings. The zero-order valence-corrected chi connectivity index (χ0v) is 12.9. The summed E-state index contributed by atoms with van der Waals surface area (Å²) < 4.78 is 5.45. The molecule has 2 aromatic rings. The van der Waals surface area contributed by atoms with Crippen molar-refractivity contribution in [3.63, 3.8) is 0 Å². The molecule has 114 valence electrons. The molecule has 2 heterocycles. The highest BCUT2D eigenvalue weighted by Gasteiger charge is 2.06. The van der Waals surface area contributed by atoms with Gasteiger partial charge in [0.25, 0.3) is 0 Å². The smallest absolute Gasteiger partial charge is 0.213 e. The topological polar surface area (TPSA) is 75.9 Å². The predicted molar refractivity (Wildman–Crippen MR) is 83.4 cm³/mol. The molecule has 2 aromatic heterocycles. The second-order valence-electron chi connectivity index (χ2n) is 4.95. The molecule has 0 saturated heterocycles. The average molecular weight is 289 g/mol. The van der Waals surface area contributed by atoms with Gasteiger partial charge in [-0.15, -0.1) is 0 Å². The second-order valence-corrected chi connectivity index (χ2v) is 4.95. The van der Waals surface area contributed by atoms with Crippen molar-refractivity contribution in [2.45, 2.75) is 46.6 Å². The van der Waals surface area contributed by atoms with Gasteiger partial charge in [0, 0.05) is 19.0 Å². The van der Waals surface area contributed by atoms with Gasteiger partial charge in [0.05, 0.1) is 12.7 Å². The monoisotopic (exact) mass is 289 g/mol. The van der Waals surface area contributed by atoms with Crippen LogP contribution in [0.15, 0.2) is 16.7 Å². The Morgan fingerprint density at radius 1 is 1.10 bits per heavy atom. The Kier molecular flexibility index (Phi) is 5.54. The molecule has 6 heteroatoms. The normalized spacial score (nSPS) is 10.6. The lowest BCUT2D eigenvalue weighted by Gasteiger charge is -2.10. The van der Waals surface area contributed by atoms with Crippen molar-refractivity contribution in [1.29, 1.82) is 0 Å². The molecule has 0 saturated carbocycles. The minimum Gasteiger partial charge on any atom is -0.444 e. The van der Waals surface area contributed by atoms with E-state index in [1.54, 1.807) is 6.20 Å². The van der Waals surface area contributed by atoms with Gasteiger partial charge in [-0.3, -0.25) is 0 Å². The number of hydrogen-bond donors (Lipinski definition) is 2. The van der Waals surface area contributed by atoms with E-state index in [4.69, 9.17) is 4.42 Å². The molecule has 2 N–H and O–H groups in total. The van der Waals surface area contributed by atoms with Crippen LogP contribution < -0.4 is 10.6 Å². The molecule has 0 radical (unpaired) electrons. The molecule has 0 aliphatic rings. The fourth-order valence-electron chi connectivity index (χ4n) is 1.92. The minimum atomic E-state index is 0.517. The predicted octanol–water partition coefficient (Wildman–Crippen LogP) is 3.16. The Hall–Kier alpha value is -2.11. The molecule has 2 rings (SSSR count). The van der Waals surface area contributed by atoms with E-state index in [2.05, 4.69) is 39.4 Å². The van der Waals surface area contributed by atoms with E-state index in [0.717, 1.165) is 49.0 Å². The van der Waals surface area contributed by atoms with E-state index in [-0.39, 0.29) is 0 Å². The molecule has 0 spiro atoms. The molecule has 0 atom stereocenters. The van der Waals surface area contributed by atoms with Crippen LogP contribution in [0.4, 0.5) is 11.6 Å². The lowest BCUT2D eigenvalue weighted by atomic mass is 10.3. The summed E-state index contributed by atoms with van der Waals surface area (Å²) in [6, 6.07) is 1.92. The Labute approximate surface area is 125 Å². The van der Waals surface area contributed by atoms with Crippen LogP contribution in [0.1, 0.15) is 44.2 Å². The van der Waals surface area contributed by atoms with Crippen LogP contribution in [0.5, 0.6) is 0 Å². The molecule has 0 aromatic carbocycles. The van der Waals surface area contributed by atoms with Gasteiger partial charge in [-0.25, -0.2) is 15.0 Å². The number of hydrogen-bond acceptors (Lipinski definition) is 6. The third kappa shape index (κ3) is 4.73. The lowest BCUT2D eigenvalue weighted by molar-refractivity contribution is 0.478. The fraction of sp³-hybridized carbons (Fsp3) is 0.533. The molecule has 0 amide bonds. The summed E-state index contributed by atoms with van der Waals surface area (Å²) in [7, 11) is 0. The first-order valence-electron chi connectivity index (χ1n) is 7.48. The van der Waals surface area contributed by atoms with E-state index in [9.17, 15) is 0 Å². The third-order valence-corrected chi connectivity index (χ3v) is 2.89. The van der Waals surface area contributed by atoms with Crippen molar-refractivity contribution in [1.82, 2.24) is 15.0 Å². The van der Waals surface area contributed by atoms with Crippen molar-refractivity contribution in [2.75, 3.05) is 17.2 Å². The van der Waals surface area contributed by atoms with Gasteiger partial charge >= 0.3 is 0 Å². The molecule has 6 nitrogen and oxygen atoms in total. The maximum Gasteiger partial charge on any atom is 0.213 e. The summed E-state index contributed by atoms with van der Waals surface area (Å²) in [5.41, 5.74) is 0. The summed E-state index contributed by atoms with van der Waals surface area (Å²) in [5, 5.41) is 6.55. The standard InChI is InChI=1S/C15H23N5O/c1-4-6-12-19-13(16-7-5-2)8-14(20-12)17-10-15-18-9-11(3)21-15/h8-9H,4-7,10H2,1-3H3,(H2,16,17,19,20). The van der Waals surface area contributed by atoms with E-state index in [1.807, 2.05) is 13.0 Å². The summed E-state index contributed by atoms with van der Waals surface area (Å²) >= 11 is 0. The second kappa shape index (κ2) is 7.61. The van der Waals surface area contributed by atoms with Crippen molar-refractivity contribution < 1.29 is 4.42 Å². The molecule has 21 heavy (non-hydrogen) atoms. The highest BCUT2D eigenvalue weighted by Crippen LogP contribution is 2.14. The highest BCUT2D eigenvalue weighted by atomic mass is 16.4. The summed E-state index contributed by atoms with van der Waals surface area (Å²) in [5.74, 6) is 3.98. The first-order valence-corrected chi connectivity index (χ1v) is 7.48. The van der Waals surface area contributed by atoms with Crippen molar-refractivity contribution in [2.24, 2.45) is 0 Å². The van der Waals surface area contributed by atoms with Crippen LogP contribution in [0.3, 0.4) is 0 Å². The van der Waals surface area contributed by atoms with Gasteiger partial charge < -0.3 is 15.1 Å². The van der Waals surface area contributed by atoms with Crippen LogP contribution in [-0.4, -0.2) is 21.5 Å². The SMILES string of the molecule is CCCNc1cc(NCc2ncc(C)o2)nc(CCC)n1. The largest absolute Gasteiger partial charge is 0.444 e. The molecule has 0 aliphatic heterocycles. The number of aromatic nitrogens is 3. The van der Waals surface area contributed by atoms with Gasteiger partial charge in [-0.2, -0.15) is 0 Å². The Morgan fingerprint density at radius 2 is 1.86 bits per heavy atom. The van der Waals surface area contributed by atoms with Crippen LogP contribution in [0.25, 0.3) is 0 Å². The number of oxazole rings is 1. The Morgan fingerprint density at radius 3 is 2.48 bits per heavy atom. The minimum absolute atomic E-state index is 0.517. The van der Waals surface area contributed by atoms with E-state index < -0.39 is 0 Å². The van der Waals surface area contributed by atoms with Crippen molar-refractivity contribution in [3.8, 4) is 0 Å². The van der Waals surface area contributed by atoms with Gasteiger partial charge in [-0.05, 0) is 19.8 Å². The molecular formula is C15H23N5O. The average Bonchev–Trinajstić information content (AvgIpc) is 2.89. The summed E-state index contributed by atoms with van der Waals surface area (Å²) in [6.07, 6.45) is 4.67. The number of rotatable bonds is 8. The molecule has 0 bridgehead atoms. The van der Waals surface area contributed by atoms with Crippen molar-refractivity contribution >= 4 is 11.6 Å². The third-order valence-electron chi connectivity index (χ3n) is 2.89. The van der Waals surface area contributed by atoms with E-state index in [0.29, 0.717) is 12.4 Å². The quantitative estimate of drug-likeness (QED) is 0.777. The van der Waals surface area contributed by atoms with E-state index in [1.165, 1.54) is 0 Å². The van der Waals surface area contributed by atoms with Gasteiger partial charge in [0.1, 0.15) is 23.2 Å². The Balaban J connectivity index is 2.07. The van der Waals surface area contributed by atoms with Crippen LogP contribution in [0.2, 0.25) is 0 Å². The van der Waals surface area contributed by atoms with E-state index >= 15 is 0 Å². The molecular weight excluding hydrogens is 266 g/mol. The fourth-order valence-corrected chi connectivity index (χ4v) is 1.92. The lowest BCUT2D eigenvalue weighted by Crippen LogP contribution is -2.09. The van der Waals surface area contributed by atoms with Crippen LogP contribution in [-0.2, 0) is 13.0 Å². The number of nitrogens with one attached hydrogen (secondary N) is 2. The Bertz CT molecular complexity index is 567.